The van der Waals surface area contributed by atoms with Crippen molar-refractivity contribution < 1.29 is 23.6 Å². The Morgan fingerprint density at radius 2 is 1.26 bits per heavy atom. The maximum Gasteiger partial charge on any atom is 0.328 e. The highest BCUT2D eigenvalue weighted by atomic mass is 19.1. The van der Waals surface area contributed by atoms with E-state index in [0.717, 1.165) is 0 Å². The number of rotatable bonds is 4. The molecule has 0 saturated carbocycles. The van der Waals surface area contributed by atoms with Crippen LogP contribution in [0.5, 0.6) is 0 Å². The molecule has 2 aliphatic rings. The molecule has 6 nitrogen and oxygen atoms in total. The number of ketones is 1. The zero-order valence-corrected chi connectivity index (χ0v) is 17.7. The molecule has 166 valence electrons. The first-order chi connectivity index (χ1) is 16.4. The average Bonchev–Trinajstić information content (AvgIpc) is 3.21. The number of hydrogen-bond donors (Lipinski definition) is 2. The van der Waals surface area contributed by atoms with Crippen molar-refractivity contribution >= 4 is 34.8 Å². The Bertz CT molecular complexity index is 1390. The van der Waals surface area contributed by atoms with E-state index in [4.69, 9.17) is 0 Å². The number of carbonyl (C=O) groups excluding carboxylic acids is 4. The van der Waals surface area contributed by atoms with E-state index in [9.17, 15) is 23.6 Å². The first-order valence-corrected chi connectivity index (χ1v) is 10.5. The lowest BCUT2D eigenvalue weighted by atomic mass is 9.69. The number of barbiturate groups is 1. The standard InChI is InChI=1S/C27H17FN2O4/c28-19-13-11-17(12-14-19)22-20(23(31)18-9-5-2-6-10-18)15-21(16-7-3-1-4-8-16)27(22)24(32)29-26(34)30-25(27)33/h1-15H,(H2,29,30,32,33,34). The average molecular weight is 452 g/mol. The Labute approximate surface area is 193 Å². The van der Waals surface area contributed by atoms with Gasteiger partial charge < -0.3 is 0 Å². The van der Waals surface area contributed by atoms with E-state index in [1.807, 2.05) is 0 Å². The molecular weight excluding hydrogens is 435 g/mol. The highest BCUT2D eigenvalue weighted by Crippen LogP contribution is 2.54. The summed E-state index contributed by atoms with van der Waals surface area (Å²) >= 11 is 0. The van der Waals surface area contributed by atoms with Crippen molar-refractivity contribution in [2.24, 2.45) is 5.41 Å². The summed E-state index contributed by atoms with van der Waals surface area (Å²) in [5.41, 5.74) is -0.411. The number of imide groups is 2. The molecule has 1 aliphatic heterocycles. The van der Waals surface area contributed by atoms with Crippen LogP contribution in [0.1, 0.15) is 21.5 Å². The second-order valence-electron chi connectivity index (χ2n) is 7.90. The SMILES string of the molecule is O=C1NC(=O)C2(C(=O)N1)C(c1ccccc1)=CC(C(=O)c1ccccc1)=C2c1ccc(F)cc1. The van der Waals surface area contributed by atoms with Crippen LogP contribution in [0.4, 0.5) is 9.18 Å². The number of benzene rings is 3. The van der Waals surface area contributed by atoms with Gasteiger partial charge in [-0.3, -0.25) is 25.0 Å². The Morgan fingerprint density at radius 1 is 0.706 bits per heavy atom. The monoisotopic (exact) mass is 452 g/mol. The summed E-state index contributed by atoms with van der Waals surface area (Å²) < 4.78 is 13.8. The number of hydrogen-bond acceptors (Lipinski definition) is 4. The predicted octanol–water partition coefficient (Wildman–Crippen LogP) is 3.91. The minimum absolute atomic E-state index is 0.0858. The number of nitrogens with one attached hydrogen (secondary N) is 2. The van der Waals surface area contributed by atoms with Crippen molar-refractivity contribution in [2.45, 2.75) is 0 Å². The molecule has 1 heterocycles. The van der Waals surface area contributed by atoms with E-state index in [1.165, 1.54) is 30.3 Å². The van der Waals surface area contributed by atoms with Crippen LogP contribution < -0.4 is 10.6 Å². The molecule has 2 N–H and O–H groups in total. The van der Waals surface area contributed by atoms with Crippen molar-refractivity contribution in [3.8, 4) is 0 Å². The lowest BCUT2D eigenvalue weighted by Gasteiger charge is -2.36. The van der Waals surface area contributed by atoms with Gasteiger partial charge in [-0.05, 0) is 40.5 Å². The summed E-state index contributed by atoms with van der Waals surface area (Å²) in [4.78, 5) is 52.7. The largest absolute Gasteiger partial charge is 0.328 e. The summed E-state index contributed by atoms with van der Waals surface area (Å²) in [5.74, 6) is -2.70. The van der Waals surface area contributed by atoms with E-state index in [1.54, 1.807) is 60.7 Å². The topological polar surface area (TPSA) is 92.3 Å². The van der Waals surface area contributed by atoms with Gasteiger partial charge in [0.15, 0.2) is 11.2 Å². The third-order valence-electron chi connectivity index (χ3n) is 5.97. The van der Waals surface area contributed by atoms with Crippen LogP contribution in [0.15, 0.2) is 96.6 Å². The van der Waals surface area contributed by atoms with Crippen LogP contribution in [-0.2, 0) is 9.59 Å². The van der Waals surface area contributed by atoms with E-state index < -0.39 is 34.9 Å². The van der Waals surface area contributed by atoms with E-state index >= 15 is 0 Å². The molecule has 0 aromatic heterocycles. The van der Waals surface area contributed by atoms with Crippen molar-refractivity contribution in [1.29, 1.82) is 0 Å². The lowest BCUT2D eigenvalue weighted by molar-refractivity contribution is -0.136. The summed E-state index contributed by atoms with van der Waals surface area (Å²) in [6.07, 6.45) is 1.51. The highest BCUT2D eigenvalue weighted by Gasteiger charge is 2.60. The second kappa shape index (κ2) is 8.04. The van der Waals surface area contributed by atoms with Crippen LogP contribution in [0.25, 0.3) is 11.1 Å². The van der Waals surface area contributed by atoms with E-state index in [0.29, 0.717) is 16.7 Å². The Morgan fingerprint density at radius 3 is 1.85 bits per heavy atom. The summed E-state index contributed by atoms with van der Waals surface area (Å²) in [6, 6.07) is 21.3. The molecule has 1 saturated heterocycles. The minimum atomic E-state index is -2.03. The van der Waals surface area contributed by atoms with Crippen molar-refractivity contribution in [2.75, 3.05) is 0 Å². The maximum absolute atomic E-state index is 13.8. The number of amides is 4. The zero-order chi connectivity index (χ0) is 23.9. The molecule has 0 bridgehead atoms. The molecule has 4 amide bonds. The molecule has 1 spiro atoms. The van der Waals surface area contributed by atoms with Crippen molar-refractivity contribution in [3.05, 3.63) is 119 Å². The normalized spacial score (nSPS) is 16.9. The van der Waals surface area contributed by atoms with Gasteiger partial charge >= 0.3 is 6.03 Å². The van der Waals surface area contributed by atoms with Gasteiger partial charge in [-0.25, -0.2) is 9.18 Å². The minimum Gasteiger partial charge on any atom is -0.289 e. The zero-order valence-electron chi connectivity index (χ0n) is 17.7. The molecule has 34 heavy (non-hydrogen) atoms. The molecule has 3 aromatic rings. The molecule has 5 rings (SSSR count). The Balaban J connectivity index is 1.85. The quantitative estimate of drug-likeness (QED) is 0.464. The van der Waals surface area contributed by atoms with Crippen LogP contribution >= 0.6 is 0 Å². The third-order valence-corrected chi connectivity index (χ3v) is 5.97. The number of urea groups is 1. The van der Waals surface area contributed by atoms with Crippen LogP contribution in [0.3, 0.4) is 0 Å². The fourth-order valence-corrected chi connectivity index (χ4v) is 4.49. The molecule has 7 heteroatoms. The number of Topliss-reactive ketones (excluding diaryl/α,β-unsaturated/α-hetero) is 1. The van der Waals surface area contributed by atoms with Gasteiger partial charge in [0.05, 0.1) is 0 Å². The van der Waals surface area contributed by atoms with Crippen molar-refractivity contribution in [1.82, 2.24) is 10.6 Å². The molecule has 1 aliphatic carbocycles. The number of halogens is 1. The Hall–Kier alpha value is -4.65. The van der Waals surface area contributed by atoms with Gasteiger partial charge in [0.1, 0.15) is 5.82 Å². The summed E-state index contributed by atoms with van der Waals surface area (Å²) in [7, 11) is 0. The fourth-order valence-electron chi connectivity index (χ4n) is 4.49. The van der Waals surface area contributed by atoms with Gasteiger partial charge in [0.2, 0.25) is 0 Å². The van der Waals surface area contributed by atoms with E-state index in [2.05, 4.69) is 10.6 Å². The number of allylic oxidation sites excluding steroid dienone is 2. The predicted molar refractivity (Wildman–Crippen MR) is 123 cm³/mol. The van der Waals surface area contributed by atoms with Crippen LogP contribution in [0.2, 0.25) is 0 Å². The van der Waals surface area contributed by atoms with Gasteiger partial charge in [0.25, 0.3) is 11.8 Å². The molecule has 0 atom stereocenters. The summed E-state index contributed by atoms with van der Waals surface area (Å²) in [6.45, 7) is 0. The van der Waals surface area contributed by atoms with Crippen LogP contribution in [-0.4, -0.2) is 23.6 Å². The van der Waals surface area contributed by atoms with Gasteiger partial charge in [-0.15, -0.1) is 0 Å². The molecule has 0 unspecified atom stereocenters. The Kier molecular flexibility index (Phi) is 5.02. The maximum atomic E-state index is 13.8. The molecule has 3 aromatic carbocycles. The number of carbonyl (C=O) groups is 4. The smallest absolute Gasteiger partial charge is 0.289 e. The molecular formula is C27H17FN2O4. The first kappa shape index (κ1) is 21.2. The lowest BCUT2D eigenvalue weighted by Crippen LogP contribution is -2.62. The van der Waals surface area contributed by atoms with E-state index in [-0.39, 0.29) is 16.7 Å². The van der Waals surface area contributed by atoms with Crippen molar-refractivity contribution in [3.63, 3.8) is 0 Å². The van der Waals surface area contributed by atoms with Gasteiger partial charge in [0, 0.05) is 11.1 Å². The first-order valence-electron chi connectivity index (χ1n) is 10.5. The van der Waals surface area contributed by atoms with Gasteiger partial charge in [-0.1, -0.05) is 72.8 Å². The summed E-state index contributed by atoms with van der Waals surface area (Å²) in [5, 5.41) is 4.36. The third kappa shape index (κ3) is 3.17. The van der Waals surface area contributed by atoms with Gasteiger partial charge in [-0.2, -0.15) is 0 Å². The molecule has 1 fully saturated rings. The molecule has 0 radical (unpaired) electrons. The highest BCUT2D eigenvalue weighted by molar-refractivity contribution is 6.37. The fraction of sp³-hybridized carbons (Fsp3) is 0.0370. The second-order valence-corrected chi connectivity index (χ2v) is 7.90. The van der Waals surface area contributed by atoms with Crippen LogP contribution in [0, 0.1) is 11.2 Å².